The number of piperazine rings is 1. The smallest absolute Gasteiger partial charge is 0.285 e. The molecular weight excluding hydrogens is 404 g/mol. The quantitative estimate of drug-likeness (QED) is 0.700. The molecule has 0 bridgehead atoms. The van der Waals surface area contributed by atoms with E-state index in [1.54, 1.807) is 24.3 Å². The zero-order chi connectivity index (χ0) is 20.9. The maximum Gasteiger partial charge on any atom is 0.285 e. The highest BCUT2D eigenvalue weighted by Crippen LogP contribution is 2.32. The first-order chi connectivity index (χ1) is 14.5. The first-order valence-electron chi connectivity index (χ1n) is 10.7. The monoisotopic (exact) mass is 430 g/mol. The Bertz CT molecular complexity index is 1010. The van der Waals surface area contributed by atoms with Gasteiger partial charge in [-0.25, -0.2) is 0 Å². The molecule has 3 aliphatic heterocycles. The number of benzene rings is 1. The van der Waals surface area contributed by atoms with Crippen LogP contribution in [-0.2, 0) is 19.6 Å². The number of likely N-dealkylation sites (tertiary alicyclic amines) is 1. The van der Waals surface area contributed by atoms with Crippen LogP contribution in [0.2, 0.25) is 0 Å². The van der Waals surface area contributed by atoms with Crippen LogP contribution in [0.15, 0.2) is 33.6 Å². The normalized spacial score (nSPS) is 25.7. The van der Waals surface area contributed by atoms with Gasteiger partial charge in [-0.1, -0.05) is 18.6 Å². The highest BCUT2D eigenvalue weighted by atomic mass is 32.2. The van der Waals surface area contributed by atoms with Gasteiger partial charge in [0, 0.05) is 44.2 Å². The molecule has 0 aromatic heterocycles. The highest BCUT2D eigenvalue weighted by Gasteiger charge is 2.41. The standard InChI is InChI=1S/C21H26N4O4S/c26-20(15-5-3-6-15)23-11-13-24(14-12-23)21(27)17-8-4-10-25(17)19-16-7-1-2-9-18(16)30(28,29)22-19/h1-2,7,9,15,17H,3-6,8,10-14H2/t17-/m0/s1. The summed E-state index contributed by atoms with van der Waals surface area (Å²) in [6, 6.07) is 6.39. The third-order valence-electron chi connectivity index (χ3n) is 6.78. The SMILES string of the molecule is O=C(C1CCC1)N1CCN(C(=O)[C@@H]2CCCN2C2=NS(=O)(=O)c3ccccc32)CC1. The van der Waals surface area contributed by atoms with E-state index in [-0.39, 0.29) is 22.6 Å². The number of sulfonamides is 1. The predicted molar refractivity (Wildman–Crippen MR) is 110 cm³/mol. The Morgan fingerprint density at radius 3 is 2.20 bits per heavy atom. The summed E-state index contributed by atoms with van der Waals surface area (Å²) in [5.74, 6) is 0.811. The molecule has 3 heterocycles. The molecular formula is C21H26N4O4S. The molecule has 4 aliphatic rings. The lowest BCUT2D eigenvalue weighted by atomic mass is 9.84. The Morgan fingerprint density at radius 2 is 1.53 bits per heavy atom. The lowest BCUT2D eigenvalue weighted by molar-refractivity contribution is -0.145. The van der Waals surface area contributed by atoms with Gasteiger partial charge >= 0.3 is 0 Å². The summed E-state index contributed by atoms with van der Waals surface area (Å²) in [5.41, 5.74) is 0.577. The minimum atomic E-state index is -3.71. The van der Waals surface area contributed by atoms with E-state index in [1.165, 1.54) is 0 Å². The number of amides is 2. The molecule has 2 amide bonds. The summed E-state index contributed by atoms with van der Waals surface area (Å²) >= 11 is 0. The van der Waals surface area contributed by atoms with Crippen molar-refractivity contribution in [3.8, 4) is 0 Å². The molecule has 9 heteroatoms. The largest absolute Gasteiger partial charge is 0.343 e. The summed E-state index contributed by atoms with van der Waals surface area (Å²) < 4.78 is 28.9. The number of hydrogen-bond donors (Lipinski definition) is 0. The average molecular weight is 431 g/mol. The van der Waals surface area contributed by atoms with Gasteiger partial charge in [-0.3, -0.25) is 9.59 Å². The lowest BCUT2D eigenvalue weighted by Gasteiger charge is -2.39. The summed E-state index contributed by atoms with van der Waals surface area (Å²) in [6.45, 7) is 2.82. The molecule has 5 rings (SSSR count). The number of carbonyl (C=O) groups is 2. The predicted octanol–water partition coefficient (Wildman–Crippen LogP) is 1.07. The van der Waals surface area contributed by atoms with Crippen LogP contribution in [0.5, 0.6) is 0 Å². The molecule has 1 saturated carbocycles. The van der Waals surface area contributed by atoms with E-state index in [2.05, 4.69) is 4.40 Å². The van der Waals surface area contributed by atoms with Crippen LogP contribution < -0.4 is 0 Å². The van der Waals surface area contributed by atoms with Crippen molar-refractivity contribution in [2.75, 3.05) is 32.7 Å². The molecule has 3 fully saturated rings. The summed E-state index contributed by atoms with van der Waals surface area (Å²) in [4.78, 5) is 31.5. The van der Waals surface area contributed by atoms with Crippen molar-refractivity contribution in [1.82, 2.24) is 14.7 Å². The van der Waals surface area contributed by atoms with Crippen molar-refractivity contribution in [3.05, 3.63) is 29.8 Å². The summed E-state index contributed by atoms with van der Waals surface area (Å²) in [5, 5.41) is 0. The van der Waals surface area contributed by atoms with Crippen molar-refractivity contribution < 1.29 is 18.0 Å². The van der Waals surface area contributed by atoms with Gasteiger partial charge in [0.15, 0.2) is 5.84 Å². The molecule has 8 nitrogen and oxygen atoms in total. The number of nitrogens with zero attached hydrogens (tertiary/aromatic N) is 4. The fourth-order valence-electron chi connectivity index (χ4n) is 4.84. The van der Waals surface area contributed by atoms with Crippen LogP contribution in [0, 0.1) is 5.92 Å². The Hall–Kier alpha value is -2.42. The van der Waals surface area contributed by atoms with Gasteiger partial charge in [-0.2, -0.15) is 8.42 Å². The van der Waals surface area contributed by atoms with E-state index in [4.69, 9.17) is 0 Å². The molecule has 2 saturated heterocycles. The van der Waals surface area contributed by atoms with Crippen molar-refractivity contribution >= 4 is 27.7 Å². The topological polar surface area (TPSA) is 90.4 Å². The molecule has 1 atom stereocenters. The van der Waals surface area contributed by atoms with E-state index in [9.17, 15) is 18.0 Å². The van der Waals surface area contributed by atoms with Gasteiger partial charge < -0.3 is 14.7 Å². The number of hydrogen-bond acceptors (Lipinski definition) is 5. The lowest BCUT2D eigenvalue weighted by Crippen LogP contribution is -2.56. The average Bonchev–Trinajstić information content (AvgIpc) is 3.29. The van der Waals surface area contributed by atoms with Gasteiger partial charge in [0.25, 0.3) is 10.0 Å². The Kier molecular flexibility index (Phi) is 4.80. The second-order valence-electron chi connectivity index (χ2n) is 8.52. The highest BCUT2D eigenvalue weighted by molar-refractivity contribution is 7.90. The van der Waals surface area contributed by atoms with Crippen molar-refractivity contribution in [2.45, 2.75) is 43.0 Å². The van der Waals surface area contributed by atoms with Crippen LogP contribution in [0.3, 0.4) is 0 Å². The van der Waals surface area contributed by atoms with E-state index in [0.717, 1.165) is 25.7 Å². The fraction of sp³-hybridized carbons (Fsp3) is 0.571. The van der Waals surface area contributed by atoms with Gasteiger partial charge in [0.05, 0.1) is 0 Å². The molecule has 0 unspecified atom stereocenters. The van der Waals surface area contributed by atoms with Gasteiger partial charge in [0.2, 0.25) is 11.8 Å². The maximum absolute atomic E-state index is 13.3. The third-order valence-corrected chi connectivity index (χ3v) is 8.10. The van der Waals surface area contributed by atoms with Crippen molar-refractivity contribution in [1.29, 1.82) is 0 Å². The van der Waals surface area contributed by atoms with Crippen LogP contribution in [0.1, 0.15) is 37.7 Å². The van der Waals surface area contributed by atoms with E-state index in [0.29, 0.717) is 50.5 Å². The molecule has 30 heavy (non-hydrogen) atoms. The Labute approximate surface area is 176 Å². The fourth-order valence-corrected chi connectivity index (χ4v) is 6.06. The van der Waals surface area contributed by atoms with Crippen molar-refractivity contribution in [2.24, 2.45) is 10.3 Å². The summed E-state index contributed by atoms with van der Waals surface area (Å²) in [7, 11) is -3.71. The van der Waals surface area contributed by atoms with Crippen molar-refractivity contribution in [3.63, 3.8) is 0 Å². The Balaban J connectivity index is 1.29. The van der Waals surface area contributed by atoms with E-state index < -0.39 is 16.1 Å². The second-order valence-corrected chi connectivity index (χ2v) is 10.1. The first kappa shape index (κ1) is 19.5. The molecule has 0 N–H and O–H groups in total. The number of rotatable bonds is 2. The van der Waals surface area contributed by atoms with Gasteiger partial charge in [-0.05, 0) is 37.8 Å². The van der Waals surface area contributed by atoms with E-state index >= 15 is 0 Å². The maximum atomic E-state index is 13.3. The zero-order valence-corrected chi connectivity index (χ0v) is 17.7. The number of amidine groups is 1. The van der Waals surface area contributed by atoms with Crippen LogP contribution in [-0.4, -0.2) is 79.5 Å². The van der Waals surface area contributed by atoms with Crippen LogP contribution >= 0.6 is 0 Å². The molecule has 160 valence electrons. The minimum Gasteiger partial charge on any atom is -0.343 e. The van der Waals surface area contributed by atoms with E-state index in [1.807, 2.05) is 14.7 Å². The first-order valence-corrected chi connectivity index (χ1v) is 12.2. The number of fused-ring (bicyclic) bond motifs is 1. The van der Waals surface area contributed by atoms with Crippen LogP contribution in [0.25, 0.3) is 0 Å². The second kappa shape index (κ2) is 7.37. The summed E-state index contributed by atoms with van der Waals surface area (Å²) in [6.07, 6.45) is 4.61. The van der Waals surface area contributed by atoms with Crippen LogP contribution in [0.4, 0.5) is 0 Å². The van der Waals surface area contributed by atoms with Gasteiger partial charge in [0.1, 0.15) is 10.9 Å². The molecule has 1 aromatic rings. The Morgan fingerprint density at radius 1 is 0.867 bits per heavy atom. The number of carbonyl (C=O) groups excluding carboxylic acids is 2. The molecule has 0 spiro atoms. The van der Waals surface area contributed by atoms with Gasteiger partial charge in [-0.15, -0.1) is 4.40 Å². The molecule has 1 aromatic carbocycles. The molecule has 0 radical (unpaired) electrons. The molecule has 1 aliphatic carbocycles. The zero-order valence-electron chi connectivity index (χ0n) is 16.9. The minimum absolute atomic E-state index is 0.00715. The third kappa shape index (κ3) is 3.19.